The molecule has 0 fully saturated rings. The Bertz CT molecular complexity index is 472. The molecule has 0 unspecified atom stereocenters. The Kier molecular flexibility index (Phi) is 2.82. The van der Waals surface area contributed by atoms with E-state index < -0.39 is 0 Å². The zero-order valence-corrected chi connectivity index (χ0v) is 8.37. The Labute approximate surface area is 86.6 Å². The summed E-state index contributed by atoms with van der Waals surface area (Å²) in [6, 6.07) is 4.70. The maximum Gasteiger partial charge on any atom is 0.152 e. The summed E-state index contributed by atoms with van der Waals surface area (Å²) < 4.78 is 13.2. The van der Waals surface area contributed by atoms with Gasteiger partial charge in [-0.1, -0.05) is 6.07 Å². The lowest BCUT2D eigenvalue weighted by atomic mass is 10.3. The van der Waals surface area contributed by atoms with Gasteiger partial charge in [-0.25, -0.2) is 9.37 Å². The van der Waals surface area contributed by atoms with Crippen LogP contribution in [0.3, 0.4) is 0 Å². The number of nitrogens with zero attached hydrogens (tertiary/aromatic N) is 3. The van der Waals surface area contributed by atoms with Gasteiger partial charge in [0.2, 0.25) is 0 Å². The van der Waals surface area contributed by atoms with Crippen molar-refractivity contribution < 1.29 is 4.39 Å². The minimum atomic E-state index is -0.382. The Hall–Kier alpha value is -1.62. The molecule has 0 atom stereocenters. The summed E-state index contributed by atoms with van der Waals surface area (Å²) in [4.78, 5) is 4.22. The molecule has 2 aromatic rings. The average Bonchev–Trinajstić information content (AvgIpc) is 2.26. The number of nitrogens with one attached hydrogen (secondary N) is 1. The molecule has 0 aliphatic rings. The Morgan fingerprint density at radius 2 is 2.20 bits per heavy atom. The molecule has 15 heavy (non-hydrogen) atoms. The molecule has 78 valence electrons. The fourth-order valence-corrected chi connectivity index (χ4v) is 1.30. The summed E-state index contributed by atoms with van der Waals surface area (Å²) in [5, 5.41) is 10.7. The van der Waals surface area contributed by atoms with E-state index in [1.165, 1.54) is 6.07 Å². The zero-order chi connectivity index (χ0) is 10.7. The Morgan fingerprint density at radius 1 is 1.33 bits per heavy atom. The first-order chi connectivity index (χ1) is 7.31. The van der Waals surface area contributed by atoms with Crippen LogP contribution >= 0.6 is 0 Å². The quantitative estimate of drug-likeness (QED) is 0.811. The average molecular weight is 206 g/mol. The third-order valence-electron chi connectivity index (χ3n) is 2.08. The van der Waals surface area contributed by atoms with Gasteiger partial charge in [0, 0.05) is 13.0 Å². The number of hydrogen-bond acceptors (Lipinski definition) is 4. The molecule has 0 aliphatic heterocycles. The molecule has 2 rings (SSSR count). The molecular weight excluding hydrogens is 195 g/mol. The van der Waals surface area contributed by atoms with Gasteiger partial charge < -0.3 is 5.32 Å². The van der Waals surface area contributed by atoms with Gasteiger partial charge in [0.15, 0.2) is 11.6 Å². The molecule has 0 amide bonds. The first-order valence-corrected chi connectivity index (χ1v) is 4.73. The van der Waals surface area contributed by atoms with Gasteiger partial charge in [-0.05, 0) is 19.2 Å². The Balaban J connectivity index is 2.39. The first-order valence-electron chi connectivity index (χ1n) is 4.73. The highest BCUT2D eigenvalue weighted by Gasteiger charge is 2.04. The predicted octanol–water partition coefficient (Wildman–Crippen LogP) is 0.926. The second-order valence-corrected chi connectivity index (χ2v) is 3.19. The van der Waals surface area contributed by atoms with Crippen molar-refractivity contribution >= 4 is 11.0 Å². The van der Waals surface area contributed by atoms with Crippen molar-refractivity contribution in [1.82, 2.24) is 20.5 Å². The molecule has 1 N–H and O–H groups in total. The minimum Gasteiger partial charge on any atom is -0.319 e. The van der Waals surface area contributed by atoms with Gasteiger partial charge in [-0.15, -0.1) is 10.2 Å². The van der Waals surface area contributed by atoms with Crippen LogP contribution in [0, 0.1) is 5.82 Å². The molecule has 0 saturated heterocycles. The van der Waals surface area contributed by atoms with Crippen molar-refractivity contribution in [2.24, 2.45) is 0 Å². The van der Waals surface area contributed by atoms with E-state index in [1.807, 2.05) is 7.05 Å². The number of halogens is 1. The van der Waals surface area contributed by atoms with Crippen LogP contribution in [0.25, 0.3) is 11.0 Å². The van der Waals surface area contributed by atoms with Crippen molar-refractivity contribution in [3.05, 3.63) is 29.8 Å². The van der Waals surface area contributed by atoms with Crippen molar-refractivity contribution in [3.63, 3.8) is 0 Å². The van der Waals surface area contributed by atoms with E-state index in [0.717, 1.165) is 6.54 Å². The van der Waals surface area contributed by atoms with Crippen LogP contribution in [0.4, 0.5) is 4.39 Å². The van der Waals surface area contributed by atoms with Gasteiger partial charge in [0.1, 0.15) is 5.52 Å². The fourth-order valence-electron chi connectivity index (χ4n) is 1.30. The molecule has 0 radical (unpaired) electrons. The molecule has 1 aromatic carbocycles. The lowest BCUT2D eigenvalue weighted by Gasteiger charge is -2.00. The number of benzene rings is 1. The zero-order valence-electron chi connectivity index (χ0n) is 8.37. The number of fused-ring (bicyclic) bond motifs is 1. The van der Waals surface area contributed by atoms with Crippen molar-refractivity contribution in [1.29, 1.82) is 0 Å². The van der Waals surface area contributed by atoms with Crippen molar-refractivity contribution in [2.45, 2.75) is 6.42 Å². The molecule has 0 saturated carbocycles. The van der Waals surface area contributed by atoms with Gasteiger partial charge in [0.25, 0.3) is 0 Å². The maximum absolute atomic E-state index is 13.2. The van der Waals surface area contributed by atoms with Crippen molar-refractivity contribution in [2.75, 3.05) is 13.6 Å². The van der Waals surface area contributed by atoms with E-state index in [9.17, 15) is 4.39 Å². The first kappa shape index (κ1) is 9.92. The van der Waals surface area contributed by atoms with Crippen LogP contribution in [0.2, 0.25) is 0 Å². The second-order valence-electron chi connectivity index (χ2n) is 3.19. The van der Waals surface area contributed by atoms with E-state index in [0.29, 0.717) is 17.8 Å². The van der Waals surface area contributed by atoms with Crippen molar-refractivity contribution in [3.8, 4) is 0 Å². The maximum atomic E-state index is 13.2. The van der Waals surface area contributed by atoms with Crippen LogP contribution in [0.5, 0.6) is 0 Å². The van der Waals surface area contributed by atoms with Crippen LogP contribution in [-0.2, 0) is 6.42 Å². The molecule has 4 nitrogen and oxygen atoms in total. The lowest BCUT2D eigenvalue weighted by Crippen LogP contribution is -2.12. The summed E-state index contributed by atoms with van der Waals surface area (Å²) in [6.07, 6.45) is 0.690. The highest BCUT2D eigenvalue weighted by atomic mass is 19.1. The molecule has 0 spiro atoms. The monoisotopic (exact) mass is 206 g/mol. The highest BCUT2D eigenvalue weighted by Crippen LogP contribution is 2.11. The van der Waals surface area contributed by atoms with Gasteiger partial charge in [-0.2, -0.15) is 0 Å². The van der Waals surface area contributed by atoms with Gasteiger partial charge >= 0.3 is 0 Å². The third-order valence-corrected chi connectivity index (χ3v) is 2.08. The topological polar surface area (TPSA) is 50.7 Å². The summed E-state index contributed by atoms with van der Waals surface area (Å²) in [6.45, 7) is 0.780. The number of hydrogen-bond donors (Lipinski definition) is 1. The lowest BCUT2D eigenvalue weighted by molar-refractivity contribution is 0.632. The van der Waals surface area contributed by atoms with E-state index in [1.54, 1.807) is 12.1 Å². The predicted molar refractivity (Wildman–Crippen MR) is 54.9 cm³/mol. The van der Waals surface area contributed by atoms with E-state index >= 15 is 0 Å². The number of aromatic nitrogens is 3. The van der Waals surface area contributed by atoms with Gasteiger partial charge in [0.05, 0.1) is 5.52 Å². The number of likely N-dealkylation sites (N-methyl/N-ethyl adjacent to an activating group) is 1. The third kappa shape index (κ3) is 2.07. The minimum absolute atomic E-state index is 0.228. The fraction of sp³-hybridized carbons (Fsp3) is 0.300. The largest absolute Gasteiger partial charge is 0.319 e. The summed E-state index contributed by atoms with van der Waals surface area (Å²) >= 11 is 0. The van der Waals surface area contributed by atoms with Crippen LogP contribution in [0.1, 0.15) is 5.82 Å². The second kappa shape index (κ2) is 4.27. The van der Waals surface area contributed by atoms with Crippen LogP contribution in [-0.4, -0.2) is 28.8 Å². The highest BCUT2D eigenvalue weighted by molar-refractivity contribution is 5.73. The molecule has 5 heteroatoms. The number of rotatable bonds is 3. The van der Waals surface area contributed by atoms with E-state index in [-0.39, 0.29) is 11.3 Å². The smallest absolute Gasteiger partial charge is 0.152 e. The SMILES string of the molecule is CNCCc1nnc2c(F)cccc2n1. The molecule has 0 bridgehead atoms. The molecular formula is C10H11FN4. The van der Waals surface area contributed by atoms with E-state index in [2.05, 4.69) is 20.5 Å². The Morgan fingerprint density at radius 3 is 3.00 bits per heavy atom. The normalized spacial score (nSPS) is 10.8. The standard InChI is InChI=1S/C10H11FN4/c1-12-6-5-9-13-8-4-2-3-7(11)10(8)15-14-9/h2-4,12H,5-6H2,1H3. The molecule has 1 aromatic heterocycles. The van der Waals surface area contributed by atoms with Gasteiger partial charge in [-0.3, -0.25) is 0 Å². The summed E-state index contributed by atoms with van der Waals surface area (Å²) in [7, 11) is 1.86. The summed E-state index contributed by atoms with van der Waals surface area (Å²) in [5.41, 5.74) is 0.779. The van der Waals surface area contributed by atoms with Crippen LogP contribution in [0.15, 0.2) is 18.2 Å². The summed E-state index contributed by atoms with van der Waals surface area (Å²) in [5.74, 6) is 0.245. The van der Waals surface area contributed by atoms with Crippen LogP contribution < -0.4 is 5.32 Å². The molecule has 0 aliphatic carbocycles. The molecule has 1 heterocycles. The van der Waals surface area contributed by atoms with E-state index in [4.69, 9.17) is 0 Å².